The van der Waals surface area contributed by atoms with Gasteiger partial charge in [-0.2, -0.15) is 0 Å². The van der Waals surface area contributed by atoms with Crippen molar-refractivity contribution >= 4 is 23.2 Å². The number of aromatic nitrogens is 1. The molecule has 1 saturated heterocycles. The van der Waals surface area contributed by atoms with E-state index in [2.05, 4.69) is 25.1 Å². The number of benzene rings is 2. The summed E-state index contributed by atoms with van der Waals surface area (Å²) in [6.45, 7) is 3.83. The molecule has 1 fully saturated rings. The van der Waals surface area contributed by atoms with Crippen molar-refractivity contribution in [2.75, 3.05) is 48.4 Å². The zero-order chi connectivity index (χ0) is 22.3. The second kappa shape index (κ2) is 10.00. The van der Waals surface area contributed by atoms with Gasteiger partial charge in [0.25, 0.3) is 0 Å². The number of pyridine rings is 1. The van der Waals surface area contributed by atoms with Crippen molar-refractivity contribution in [2.45, 2.75) is 6.54 Å². The van der Waals surface area contributed by atoms with E-state index in [-0.39, 0.29) is 5.82 Å². The van der Waals surface area contributed by atoms with Crippen molar-refractivity contribution < 1.29 is 9.13 Å². The fourth-order valence-electron chi connectivity index (χ4n) is 3.68. The number of aliphatic imine (C=N–C) groups is 1. The van der Waals surface area contributed by atoms with Gasteiger partial charge in [0.05, 0.1) is 19.3 Å². The normalized spacial score (nSPS) is 14.4. The highest BCUT2D eigenvalue weighted by Gasteiger charge is 2.18. The molecule has 0 saturated carbocycles. The minimum Gasteiger partial charge on any atom is -0.495 e. The van der Waals surface area contributed by atoms with Crippen molar-refractivity contribution in [2.24, 2.45) is 10.7 Å². The lowest BCUT2D eigenvalue weighted by molar-refractivity contribution is 0.417. The summed E-state index contributed by atoms with van der Waals surface area (Å²) in [6.07, 6.45) is 1.80. The largest absolute Gasteiger partial charge is 0.495 e. The smallest absolute Gasteiger partial charge is 0.193 e. The molecule has 3 aromatic rings. The number of nitrogens with two attached hydrogens (primary N) is 1. The zero-order valence-corrected chi connectivity index (χ0v) is 18.0. The van der Waals surface area contributed by atoms with Gasteiger partial charge in [0.15, 0.2) is 5.96 Å². The molecule has 3 N–H and O–H groups in total. The standard InChI is InChI=1S/C24H27FN6O/c1-32-22-5-3-2-4-21(22)29-24(26)28-17-18-10-11-27-23(16-18)31-14-12-30(13-15-31)20-8-6-19(25)7-9-20/h2-11,16H,12-15,17H2,1H3,(H3,26,28,29). The van der Waals surface area contributed by atoms with Crippen molar-refractivity contribution in [3.8, 4) is 5.75 Å². The summed E-state index contributed by atoms with van der Waals surface area (Å²) in [7, 11) is 1.62. The van der Waals surface area contributed by atoms with E-state index in [9.17, 15) is 4.39 Å². The molecule has 8 heteroatoms. The molecular formula is C24H27FN6O. The number of ether oxygens (including phenoxy) is 1. The van der Waals surface area contributed by atoms with E-state index in [1.54, 1.807) is 13.3 Å². The third kappa shape index (κ3) is 5.26. The van der Waals surface area contributed by atoms with Gasteiger partial charge in [0.1, 0.15) is 17.4 Å². The minimum absolute atomic E-state index is 0.213. The van der Waals surface area contributed by atoms with E-state index in [0.29, 0.717) is 18.3 Å². The molecule has 0 bridgehead atoms. The molecule has 4 rings (SSSR count). The van der Waals surface area contributed by atoms with Crippen LogP contribution in [0.4, 0.5) is 21.6 Å². The number of nitrogens with zero attached hydrogens (tertiary/aromatic N) is 4. The van der Waals surface area contributed by atoms with E-state index in [4.69, 9.17) is 10.5 Å². The van der Waals surface area contributed by atoms with Crippen LogP contribution in [-0.4, -0.2) is 44.2 Å². The first-order valence-electron chi connectivity index (χ1n) is 10.5. The third-order valence-electron chi connectivity index (χ3n) is 5.41. The Kier molecular flexibility index (Phi) is 6.69. The molecule has 0 aliphatic carbocycles. The van der Waals surface area contributed by atoms with Crippen LogP contribution in [0.1, 0.15) is 5.56 Å². The fourth-order valence-corrected chi connectivity index (χ4v) is 3.68. The number of piperazine rings is 1. The molecule has 0 unspecified atom stereocenters. The number of hydrogen-bond donors (Lipinski definition) is 2. The third-order valence-corrected chi connectivity index (χ3v) is 5.41. The molecule has 1 aliphatic heterocycles. The van der Waals surface area contributed by atoms with Crippen molar-refractivity contribution in [3.05, 3.63) is 78.2 Å². The summed E-state index contributed by atoms with van der Waals surface area (Å²) in [5.41, 5.74) is 8.91. The monoisotopic (exact) mass is 434 g/mol. The molecule has 0 radical (unpaired) electrons. The van der Waals surface area contributed by atoms with Crippen LogP contribution >= 0.6 is 0 Å². The summed E-state index contributed by atoms with van der Waals surface area (Å²) in [5, 5.41) is 3.08. The van der Waals surface area contributed by atoms with Crippen LogP contribution < -0.4 is 25.6 Å². The summed E-state index contributed by atoms with van der Waals surface area (Å²) in [6, 6.07) is 18.2. The molecule has 0 amide bonds. The number of methoxy groups -OCH3 is 1. The van der Waals surface area contributed by atoms with Gasteiger partial charge in [-0.1, -0.05) is 12.1 Å². The Morgan fingerprint density at radius 2 is 1.78 bits per heavy atom. The maximum absolute atomic E-state index is 13.2. The number of anilines is 3. The number of nitrogens with one attached hydrogen (secondary N) is 1. The molecule has 2 aromatic carbocycles. The predicted octanol–water partition coefficient (Wildman–Crippen LogP) is 3.48. The average molecular weight is 435 g/mol. The molecule has 0 atom stereocenters. The average Bonchev–Trinajstić information content (AvgIpc) is 2.84. The van der Waals surface area contributed by atoms with Crippen molar-refractivity contribution in [1.82, 2.24) is 4.98 Å². The molecule has 7 nitrogen and oxygen atoms in total. The minimum atomic E-state index is -0.213. The summed E-state index contributed by atoms with van der Waals surface area (Å²) < 4.78 is 18.5. The SMILES string of the molecule is COc1ccccc1NC(N)=NCc1ccnc(N2CCN(c3ccc(F)cc3)CC2)c1. The van der Waals surface area contributed by atoms with Crippen LogP contribution in [0.2, 0.25) is 0 Å². The van der Waals surface area contributed by atoms with Crippen LogP contribution in [0.25, 0.3) is 0 Å². The van der Waals surface area contributed by atoms with Crippen LogP contribution in [-0.2, 0) is 6.54 Å². The first kappa shape index (κ1) is 21.4. The summed E-state index contributed by atoms with van der Waals surface area (Å²) in [5.74, 6) is 1.74. The van der Waals surface area contributed by atoms with E-state index < -0.39 is 0 Å². The van der Waals surface area contributed by atoms with Gasteiger partial charge >= 0.3 is 0 Å². The van der Waals surface area contributed by atoms with Crippen LogP contribution in [0.5, 0.6) is 5.75 Å². The highest BCUT2D eigenvalue weighted by Crippen LogP contribution is 2.23. The highest BCUT2D eigenvalue weighted by molar-refractivity contribution is 5.93. The van der Waals surface area contributed by atoms with Crippen molar-refractivity contribution in [3.63, 3.8) is 0 Å². The highest BCUT2D eigenvalue weighted by atomic mass is 19.1. The number of para-hydroxylation sites is 2. The lowest BCUT2D eigenvalue weighted by atomic mass is 10.2. The van der Waals surface area contributed by atoms with Gasteiger partial charge < -0.3 is 25.6 Å². The summed E-state index contributed by atoms with van der Waals surface area (Å²) in [4.78, 5) is 13.5. The van der Waals surface area contributed by atoms with Gasteiger partial charge in [0, 0.05) is 38.1 Å². The topological polar surface area (TPSA) is 79.0 Å². The van der Waals surface area contributed by atoms with E-state index >= 15 is 0 Å². The Labute approximate surface area is 187 Å². The lowest BCUT2D eigenvalue weighted by Gasteiger charge is -2.36. The van der Waals surface area contributed by atoms with Gasteiger partial charge in [-0.25, -0.2) is 14.4 Å². The molecule has 1 aliphatic rings. The Morgan fingerprint density at radius 3 is 2.53 bits per heavy atom. The van der Waals surface area contributed by atoms with E-state index in [1.807, 2.05) is 48.5 Å². The number of guanidine groups is 1. The summed E-state index contributed by atoms with van der Waals surface area (Å²) >= 11 is 0. The van der Waals surface area contributed by atoms with Crippen LogP contribution in [0, 0.1) is 5.82 Å². The molecular weight excluding hydrogens is 407 g/mol. The molecule has 0 spiro atoms. The van der Waals surface area contributed by atoms with Gasteiger partial charge in [-0.15, -0.1) is 0 Å². The first-order valence-corrected chi connectivity index (χ1v) is 10.5. The second-order valence-electron chi connectivity index (χ2n) is 7.50. The maximum atomic E-state index is 13.2. The quantitative estimate of drug-likeness (QED) is 0.457. The molecule has 166 valence electrons. The van der Waals surface area contributed by atoms with Gasteiger partial charge in [-0.3, -0.25) is 0 Å². The maximum Gasteiger partial charge on any atom is 0.193 e. The Hall–Kier alpha value is -3.81. The lowest BCUT2D eigenvalue weighted by Crippen LogP contribution is -2.46. The Balaban J connectivity index is 1.35. The van der Waals surface area contributed by atoms with Gasteiger partial charge in [0.2, 0.25) is 0 Å². The number of halogens is 1. The Bertz CT molecular complexity index is 1060. The fraction of sp³-hybridized carbons (Fsp3) is 0.250. The van der Waals surface area contributed by atoms with Gasteiger partial charge in [-0.05, 0) is 54.1 Å². The number of hydrogen-bond acceptors (Lipinski definition) is 5. The second-order valence-corrected chi connectivity index (χ2v) is 7.50. The van der Waals surface area contributed by atoms with Crippen LogP contribution in [0.3, 0.4) is 0 Å². The molecule has 32 heavy (non-hydrogen) atoms. The van der Waals surface area contributed by atoms with Crippen LogP contribution in [0.15, 0.2) is 71.9 Å². The van der Waals surface area contributed by atoms with E-state index in [0.717, 1.165) is 48.9 Å². The van der Waals surface area contributed by atoms with E-state index in [1.165, 1.54) is 12.1 Å². The molecule has 2 heterocycles. The molecule has 1 aromatic heterocycles. The Morgan fingerprint density at radius 1 is 1.06 bits per heavy atom. The first-order chi connectivity index (χ1) is 15.6. The predicted molar refractivity (Wildman–Crippen MR) is 127 cm³/mol. The van der Waals surface area contributed by atoms with Crippen molar-refractivity contribution in [1.29, 1.82) is 0 Å². The zero-order valence-electron chi connectivity index (χ0n) is 18.0. The number of rotatable bonds is 6.